The Morgan fingerprint density at radius 3 is 1.44 bits per heavy atom. The van der Waals surface area contributed by atoms with Crippen molar-refractivity contribution in [2.24, 2.45) is 0 Å². The SMILES string of the molecule is CCCCCCC/C=C/CC/C=C/CC/C=C/CCCC(O)C(O)C(COC1OC(CO)C(O)C(O)C1O)NC(=O)C(O)CCCCCC/C=C\CCCCCCCCCCC. The first-order valence-corrected chi connectivity index (χ1v) is 25.0. The van der Waals surface area contributed by atoms with Crippen LogP contribution in [-0.4, -0.2) is 110 Å². The first-order chi connectivity index (χ1) is 30.2. The van der Waals surface area contributed by atoms with Crippen molar-refractivity contribution in [1.29, 1.82) is 0 Å². The number of unbranched alkanes of at least 4 members (excludes halogenated alkanes) is 21. The fourth-order valence-electron chi connectivity index (χ4n) is 7.64. The Labute approximate surface area is 377 Å². The molecule has 9 unspecified atom stereocenters. The lowest BCUT2D eigenvalue weighted by Crippen LogP contribution is -2.60. The van der Waals surface area contributed by atoms with Gasteiger partial charge in [0.15, 0.2) is 6.29 Å². The van der Waals surface area contributed by atoms with E-state index in [1.165, 1.54) is 96.3 Å². The minimum absolute atomic E-state index is 0.234. The van der Waals surface area contributed by atoms with E-state index in [2.05, 4.69) is 67.8 Å². The van der Waals surface area contributed by atoms with Crippen molar-refractivity contribution in [2.45, 2.75) is 255 Å². The minimum atomic E-state index is -1.67. The largest absolute Gasteiger partial charge is 0.394 e. The number of nitrogens with one attached hydrogen (secondary N) is 1. The lowest BCUT2D eigenvalue weighted by atomic mass is 9.98. The van der Waals surface area contributed by atoms with Gasteiger partial charge in [-0.3, -0.25) is 4.79 Å². The Hall–Kier alpha value is -1.93. The minimum Gasteiger partial charge on any atom is -0.394 e. The summed E-state index contributed by atoms with van der Waals surface area (Å²) < 4.78 is 11.1. The van der Waals surface area contributed by atoms with E-state index >= 15 is 0 Å². The Bertz CT molecular complexity index is 1150. The molecule has 0 saturated carbocycles. The smallest absolute Gasteiger partial charge is 0.249 e. The lowest BCUT2D eigenvalue weighted by molar-refractivity contribution is -0.303. The number of rotatable bonds is 41. The molecule has 0 aliphatic carbocycles. The lowest BCUT2D eigenvalue weighted by Gasteiger charge is -2.40. The molecular weight excluding hydrogens is 787 g/mol. The number of carbonyl (C=O) groups excluding carboxylic acids is 1. The molecular formula is C51H93NO10. The summed E-state index contributed by atoms with van der Waals surface area (Å²) in [6.45, 7) is 3.40. The number of allylic oxidation sites excluding steroid dienone is 8. The van der Waals surface area contributed by atoms with Gasteiger partial charge in [-0.05, 0) is 89.9 Å². The van der Waals surface area contributed by atoms with Gasteiger partial charge < -0.3 is 50.5 Å². The summed E-state index contributed by atoms with van der Waals surface area (Å²) in [6, 6.07) is -1.20. The molecule has 362 valence electrons. The summed E-state index contributed by atoms with van der Waals surface area (Å²) in [5.74, 6) is -0.723. The van der Waals surface area contributed by atoms with Crippen molar-refractivity contribution < 1.29 is 50.0 Å². The highest BCUT2D eigenvalue weighted by atomic mass is 16.7. The third kappa shape index (κ3) is 29.5. The van der Waals surface area contributed by atoms with Crippen molar-refractivity contribution in [2.75, 3.05) is 13.2 Å². The first kappa shape index (κ1) is 58.1. The predicted octanol–water partition coefficient (Wildman–Crippen LogP) is 8.95. The maximum absolute atomic E-state index is 13.1. The number of hydrogen-bond acceptors (Lipinski definition) is 10. The molecule has 8 N–H and O–H groups in total. The molecule has 0 spiro atoms. The van der Waals surface area contributed by atoms with Crippen molar-refractivity contribution >= 4 is 5.91 Å². The van der Waals surface area contributed by atoms with Gasteiger partial charge in [0.1, 0.15) is 36.6 Å². The number of aliphatic hydroxyl groups is 7. The monoisotopic (exact) mass is 880 g/mol. The standard InChI is InChI=1S/C51H93NO10/c1-3-5-7-9-11-13-15-17-19-21-23-24-26-28-30-32-34-36-38-43(54)46(56)42(41-61-51-49(59)48(58)47(57)45(40-53)62-51)52-50(60)44(55)39-37-35-33-31-29-27-25-22-20-18-16-14-12-10-8-6-4-2/h15,17,23-25,27,30,32,42-49,51,53-59H,3-14,16,18-22,26,28-29,31,33-41H2,1-2H3,(H,52,60)/b17-15+,24-23+,27-25-,32-30+. The average Bonchev–Trinajstić information content (AvgIpc) is 3.27. The van der Waals surface area contributed by atoms with E-state index < -0.39 is 74.2 Å². The zero-order valence-corrected chi connectivity index (χ0v) is 39.1. The molecule has 1 heterocycles. The fourth-order valence-corrected chi connectivity index (χ4v) is 7.64. The second-order valence-electron chi connectivity index (χ2n) is 17.5. The van der Waals surface area contributed by atoms with Crippen LogP contribution in [0.3, 0.4) is 0 Å². The zero-order valence-electron chi connectivity index (χ0n) is 39.1. The quantitative estimate of drug-likeness (QED) is 0.0218. The normalized spacial score (nSPS) is 21.7. The molecule has 1 aliphatic heterocycles. The molecule has 1 fully saturated rings. The molecule has 0 aromatic carbocycles. The maximum atomic E-state index is 13.1. The number of ether oxygens (including phenoxy) is 2. The van der Waals surface area contributed by atoms with Crippen LogP contribution in [0.15, 0.2) is 48.6 Å². The number of aliphatic hydroxyl groups excluding tert-OH is 7. The van der Waals surface area contributed by atoms with Gasteiger partial charge in [0.2, 0.25) is 5.91 Å². The van der Waals surface area contributed by atoms with Gasteiger partial charge in [0.25, 0.3) is 0 Å². The summed E-state index contributed by atoms with van der Waals surface area (Å²) in [7, 11) is 0. The molecule has 0 radical (unpaired) electrons. The summed E-state index contributed by atoms with van der Waals surface area (Å²) in [4.78, 5) is 13.1. The molecule has 1 amide bonds. The molecule has 11 heteroatoms. The Kier molecular flexibility index (Phi) is 38.0. The first-order valence-electron chi connectivity index (χ1n) is 25.0. The van der Waals surface area contributed by atoms with E-state index in [1.807, 2.05) is 0 Å². The van der Waals surface area contributed by atoms with Gasteiger partial charge >= 0.3 is 0 Å². The van der Waals surface area contributed by atoms with Gasteiger partial charge in [0.05, 0.1) is 25.4 Å². The van der Waals surface area contributed by atoms with Gasteiger partial charge in [-0.25, -0.2) is 0 Å². The van der Waals surface area contributed by atoms with E-state index in [9.17, 15) is 40.5 Å². The summed E-state index contributed by atoms with van der Waals surface area (Å²) in [6.07, 6.45) is 37.2. The van der Waals surface area contributed by atoms with Crippen LogP contribution in [0.1, 0.15) is 200 Å². The molecule has 0 bridgehead atoms. The molecule has 62 heavy (non-hydrogen) atoms. The highest BCUT2D eigenvalue weighted by Gasteiger charge is 2.44. The molecule has 0 aromatic rings. The molecule has 0 aromatic heterocycles. The second kappa shape index (κ2) is 40.6. The average molecular weight is 880 g/mol. The summed E-state index contributed by atoms with van der Waals surface area (Å²) in [5.41, 5.74) is 0. The van der Waals surface area contributed by atoms with Crippen molar-refractivity contribution in [3.05, 3.63) is 48.6 Å². The van der Waals surface area contributed by atoms with E-state index in [0.29, 0.717) is 19.3 Å². The predicted molar refractivity (Wildman–Crippen MR) is 251 cm³/mol. The van der Waals surface area contributed by atoms with Crippen LogP contribution < -0.4 is 5.32 Å². The van der Waals surface area contributed by atoms with Crippen LogP contribution in [-0.2, 0) is 14.3 Å². The number of hydrogen-bond donors (Lipinski definition) is 8. The highest BCUT2D eigenvalue weighted by Crippen LogP contribution is 2.23. The number of carbonyl (C=O) groups is 1. The van der Waals surface area contributed by atoms with Gasteiger partial charge in [-0.1, -0.05) is 159 Å². The molecule has 1 rings (SSSR count). The fraction of sp³-hybridized carbons (Fsp3) is 0.824. The van der Waals surface area contributed by atoms with E-state index in [1.54, 1.807) is 0 Å². The van der Waals surface area contributed by atoms with Gasteiger partial charge in [-0.15, -0.1) is 0 Å². The van der Waals surface area contributed by atoms with Crippen LogP contribution in [0.2, 0.25) is 0 Å². The Balaban J connectivity index is 2.47. The maximum Gasteiger partial charge on any atom is 0.249 e. The molecule has 9 atom stereocenters. The zero-order chi connectivity index (χ0) is 45.5. The molecule has 1 saturated heterocycles. The van der Waals surface area contributed by atoms with Crippen LogP contribution in [0, 0.1) is 0 Å². The van der Waals surface area contributed by atoms with Gasteiger partial charge in [-0.2, -0.15) is 0 Å². The molecule has 11 nitrogen and oxygen atoms in total. The van der Waals surface area contributed by atoms with Crippen LogP contribution >= 0.6 is 0 Å². The highest BCUT2D eigenvalue weighted by molar-refractivity contribution is 5.80. The van der Waals surface area contributed by atoms with Crippen LogP contribution in [0.5, 0.6) is 0 Å². The van der Waals surface area contributed by atoms with Gasteiger partial charge in [0, 0.05) is 0 Å². The Morgan fingerprint density at radius 2 is 0.968 bits per heavy atom. The van der Waals surface area contributed by atoms with Crippen molar-refractivity contribution in [3.8, 4) is 0 Å². The third-order valence-corrected chi connectivity index (χ3v) is 11.8. The van der Waals surface area contributed by atoms with Crippen LogP contribution in [0.25, 0.3) is 0 Å². The van der Waals surface area contributed by atoms with Crippen molar-refractivity contribution in [1.82, 2.24) is 5.32 Å². The molecule has 1 aliphatic rings. The summed E-state index contributed by atoms with van der Waals surface area (Å²) >= 11 is 0. The second-order valence-corrected chi connectivity index (χ2v) is 17.5. The van der Waals surface area contributed by atoms with E-state index in [4.69, 9.17) is 9.47 Å². The third-order valence-electron chi connectivity index (χ3n) is 11.8. The van der Waals surface area contributed by atoms with Crippen LogP contribution in [0.4, 0.5) is 0 Å². The van der Waals surface area contributed by atoms with E-state index in [0.717, 1.165) is 57.8 Å². The summed E-state index contributed by atoms with van der Waals surface area (Å²) in [5, 5.41) is 75.8. The Morgan fingerprint density at radius 1 is 0.548 bits per heavy atom. The number of amides is 1. The topological polar surface area (TPSA) is 189 Å². The van der Waals surface area contributed by atoms with E-state index in [-0.39, 0.29) is 12.8 Å². The van der Waals surface area contributed by atoms with Crippen molar-refractivity contribution in [3.63, 3.8) is 0 Å².